The summed E-state index contributed by atoms with van der Waals surface area (Å²) in [5, 5.41) is 25.9. The van der Waals surface area contributed by atoms with E-state index in [0.29, 0.717) is 5.75 Å². The predicted octanol–water partition coefficient (Wildman–Crippen LogP) is 4.50. The first-order valence-electron chi connectivity index (χ1n) is 14.6. The van der Waals surface area contributed by atoms with E-state index in [-0.39, 0.29) is 24.2 Å². The van der Waals surface area contributed by atoms with Gasteiger partial charge in [-0.2, -0.15) is 17.0 Å². The lowest BCUT2D eigenvalue weighted by Crippen LogP contribution is -2.55. The number of nitrogens with one attached hydrogen (secondary N) is 2. The average Bonchev–Trinajstić information content (AvgIpc) is 2.94. The molecular weight excluding hydrogens is 596 g/mol. The number of amides is 3. The van der Waals surface area contributed by atoms with E-state index in [1.165, 1.54) is 23.9 Å². The van der Waals surface area contributed by atoms with Crippen LogP contribution in [0.2, 0.25) is 0 Å². The van der Waals surface area contributed by atoms with Gasteiger partial charge in [0.1, 0.15) is 41.6 Å². The van der Waals surface area contributed by atoms with Crippen molar-refractivity contribution in [2.45, 2.75) is 83.7 Å². The molecule has 0 radical (unpaired) electrons. The molecule has 0 saturated heterocycles. The van der Waals surface area contributed by atoms with Crippen molar-refractivity contribution in [3.8, 4) is 11.8 Å². The van der Waals surface area contributed by atoms with Gasteiger partial charge in [0.25, 0.3) is 0 Å². The Morgan fingerprint density at radius 2 is 1.51 bits per heavy atom. The molecule has 0 bridgehead atoms. The number of hydrogen-bond acceptors (Lipinski definition) is 9. The van der Waals surface area contributed by atoms with Gasteiger partial charge in [0.05, 0.1) is 6.07 Å². The van der Waals surface area contributed by atoms with Crippen molar-refractivity contribution in [2.24, 2.45) is 0 Å². The van der Waals surface area contributed by atoms with Gasteiger partial charge >= 0.3 is 12.1 Å². The van der Waals surface area contributed by atoms with Crippen LogP contribution in [-0.4, -0.2) is 75.7 Å². The maximum absolute atomic E-state index is 14.2. The van der Waals surface area contributed by atoms with Crippen LogP contribution in [0.5, 0.6) is 5.75 Å². The van der Waals surface area contributed by atoms with Crippen LogP contribution in [0.15, 0.2) is 54.6 Å². The molecule has 0 heterocycles. The van der Waals surface area contributed by atoms with Gasteiger partial charge in [-0.15, -0.1) is 0 Å². The number of rotatable bonds is 13. The molecular formula is C33H44N4O7S. The number of phenolic OH excluding ortho intramolecular Hbond substituents is 1. The molecule has 2 aromatic carbocycles. The van der Waals surface area contributed by atoms with Gasteiger partial charge in [-0.25, -0.2) is 9.59 Å². The number of thioether (sulfide) groups is 1. The second-order valence-electron chi connectivity index (χ2n) is 12.4. The van der Waals surface area contributed by atoms with Crippen molar-refractivity contribution < 1.29 is 33.8 Å². The van der Waals surface area contributed by atoms with Crippen LogP contribution in [0.3, 0.4) is 0 Å². The summed E-state index contributed by atoms with van der Waals surface area (Å²) in [5.74, 6) is -2.09. The third-order valence-electron chi connectivity index (χ3n) is 6.21. The number of phenols is 1. The van der Waals surface area contributed by atoms with Crippen LogP contribution in [0.1, 0.15) is 65.1 Å². The molecule has 12 heteroatoms. The summed E-state index contributed by atoms with van der Waals surface area (Å²) >= 11 is 1.44. The third kappa shape index (κ3) is 12.3. The van der Waals surface area contributed by atoms with Crippen molar-refractivity contribution in [1.29, 1.82) is 5.26 Å². The molecule has 0 aromatic heterocycles. The molecule has 2 aromatic rings. The van der Waals surface area contributed by atoms with Gasteiger partial charge in [-0.05, 0) is 71.6 Å². The first-order valence-corrected chi connectivity index (χ1v) is 16.0. The van der Waals surface area contributed by atoms with Gasteiger partial charge in [0.2, 0.25) is 11.8 Å². The van der Waals surface area contributed by atoms with Gasteiger partial charge in [0.15, 0.2) is 0 Å². The number of benzene rings is 2. The molecule has 0 fully saturated rings. The maximum Gasteiger partial charge on any atom is 0.408 e. The van der Waals surface area contributed by atoms with Gasteiger partial charge < -0.3 is 30.1 Å². The number of para-hydroxylation sites is 1. The second kappa shape index (κ2) is 16.7. The Morgan fingerprint density at radius 1 is 0.911 bits per heavy atom. The molecule has 0 spiro atoms. The van der Waals surface area contributed by atoms with Crippen LogP contribution >= 0.6 is 11.8 Å². The summed E-state index contributed by atoms with van der Waals surface area (Å²) in [6, 6.07) is 13.0. The number of ether oxygens (including phenoxy) is 2. The Bertz CT molecular complexity index is 1350. The monoisotopic (exact) mass is 640 g/mol. The number of alkyl carbamates (subject to hydrolysis) is 1. The van der Waals surface area contributed by atoms with Crippen molar-refractivity contribution >= 4 is 35.6 Å². The standard InChI is InChI=1S/C33H44N4O7S/c1-32(2,3)43-30(41)25(21-22-13-9-8-10-14-22)35-28(39)27(23-15-11-12-16-26(23)38)37(19-18-34)29(40)24(17-20-45-7)36-31(42)44-33(4,5)6/h8-16,24-25,27,38H,17,19-21H2,1-7H3,(H,35,39)(H,36,42). The zero-order valence-electron chi connectivity index (χ0n) is 27.0. The van der Waals surface area contributed by atoms with E-state index in [1.807, 2.05) is 18.4 Å². The molecule has 2 rings (SSSR count). The number of nitrogens with zero attached hydrogens (tertiary/aromatic N) is 2. The number of carbonyl (C=O) groups is 4. The lowest BCUT2D eigenvalue weighted by atomic mass is 9.99. The lowest BCUT2D eigenvalue weighted by molar-refractivity contribution is -0.159. The van der Waals surface area contributed by atoms with Gasteiger partial charge in [-0.3, -0.25) is 9.59 Å². The number of nitriles is 1. The molecule has 3 atom stereocenters. The van der Waals surface area contributed by atoms with Crippen LogP contribution in [0.25, 0.3) is 0 Å². The van der Waals surface area contributed by atoms with Crippen molar-refractivity contribution in [2.75, 3.05) is 18.6 Å². The van der Waals surface area contributed by atoms with E-state index in [9.17, 15) is 29.5 Å². The number of hydrogen-bond donors (Lipinski definition) is 3. The largest absolute Gasteiger partial charge is 0.508 e. The molecule has 0 aliphatic rings. The molecule has 0 saturated carbocycles. The predicted molar refractivity (Wildman–Crippen MR) is 172 cm³/mol. The van der Waals surface area contributed by atoms with E-state index in [2.05, 4.69) is 10.6 Å². The molecule has 3 unspecified atom stereocenters. The second-order valence-corrected chi connectivity index (χ2v) is 13.3. The third-order valence-corrected chi connectivity index (χ3v) is 6.85. The SMILES string of the molecule is CSCCC(NC(=O)OC(C)(C)C)C(=O)N(CC#N)C(C(=O)NC(Cc1ccccc1)C(=O)OC(C)(C)C)c1ccccc1O. The minimum absolute atomic E-state index is 0.0298. The van der Waals surface area contributed by atoms with E-state index in [4.69, 9.17) is 9.47 Å². The average molecular weight is 641 g/mol. The zero-order chi connectivity index (χ0) is 33.8. The van der Waals surface area contributed by atoms with Crippen molar-refractivity contribution in [1.82, 2.24) is 15.5 Å². The van der Waals surface area contributed by atoms with E-state index >= 15 is 0 Å². The van der Waals surface area contributed by atoms with Crippen molar-refractivity contribution in [3.05, 3.63) is 65.7 Å². The fraction of sp³-hybridized carbons (Fsp3) is 0.485. The Morgan fingerprint density at radius 3 is 2.07 bits per heavy atom. The van der Waals surface area contributed by atoms with E-state index in [0.717, 1.165) is 10.5 Å². The summed E-state index contributed by atoms with van der Waals surface area (Å²) < 4.78 is 11.0. The zero-order valence-corrected chi connectivity index (χ0v) is 27.8. The van der Waals surface area contributed by atoms with E-state index in [1.54, 1.807) is 77.9 Å². The summed E-state index contributed by atoms with van der Waals surface area (Å²) in [5.41, 5.74) is -0.912. The highest BCUT2D eigenvalue weighted by Gasteiger charge is 2.39. The summed E-state index contributed by atoms with van der Waals surface area (Å²) in [7, 11) is 0. The first kappa shape index (κ1) is 36.9. The smallest absolute Gasteiger partial charge is 0.408 e. The fourth-order valence-corrected chi connectivity index (χ4v) is 4.82. The molecule has 3 N–H and O–H groups in total. The molecule has 45 heavy (non-hydrogen) atoms. The van der Waals surface area contributed by atoms with Crippen molar-refractivity contribution in [3.63, 3.8) is 0 Å². The van der Waals surface area contributed by atoms with Crippen LogP contribution in [0, 0.1) is 11.3 Å². The number of carbonyl (C=O) groups excluding carboxylic acids is 4. The minimum Gasteiger partial charge on any atom is -0.508 e. The number of esters is 1. The Labute approximate surface area is 269 Å². The topological polar surface area (TPSA) is 158 Å². The molecule has 0 aliphatic heterocycles. The molecule has 3 amide bonds. The van der Waals surface area contributed by atoms with E-state index < -0.39 is 59.7 Å². The quantitative estimate of drug-likeness (QED) is 0.212. The molecule has 0 aliphatic carbocycles. The Balaban J connectivity index is 2.58. The first-order chi connectivity index (χ1) is 21.1. The normalized spacial score (nSPS) is 13.4. The van der Waals surface area contributed by atoms with Gasteiger partial charge in [-0.1, -0.05) is 48.5 Å². The maximum atomic E-state index is 14.2. The highest BCUT2D eigenvalue weighted by Crippen LogP contribution is 2.30. The van der Waals surface area contributed by atoms with Crippen LogP contribution in [0.4, 0.5) is 4.79 Å². The summed E-state index contributed by atoms with van der Waals surface area (Å²) in [6.07, 6.45) is 1.25. The molecule has 11 nitrogen and oxygen atoms in total. The molecule has 244 valence electrons. The van der Waals surface area contributed by atoms with Crippen LogP contribution in [-0.2, 0) is 30.3 Å². The Kier molecular flexibility index (Phi) is 13.7. The van der Waals surface area contributed by atoms with Crippen LogP contribution < -0.4 is 10.6 Å². The lowest BCUT2D eigenvalue weighted by Gasteiger charge is -2.34. The fourth-order valence-electron chi connectivity index (χ4n) is 4.35. The van der Waals surface area contributed by atoms with Gasteiger partial charge in [0, 0.05) is 12.0 Å². The minimum atomic E-state index is -1.55. The highest BCUT2D eigenvalue weighted by molar-refractivity contribution is 7.98. The summed E-state index contributed by atoms with van der Waals surface area (Å²) in [6.45, 7) is 9.60. The Hall–Kier alpha value is -4.24. The highest BCUT2D eigenvalue weighted by atomic mass is 32.2. The number of aromatic hydroxyl groups is 1. The summed E-state index contributed by atoms with van der Waals surface area (Å²) in [4.78, 5) is 55.3.